The summed E-state index contributed by atoms with van der Waals surface area (Å²) in [5, 5.41) is 12.3. The summed E-state index contributed by atoms with van der Waals surface area (Å²) in [4.78, 5) is 17.7. The van der Waals surface area contributed by atoms with Gasteiger partial charge in [0.25, 0.3) is 5.91 Å². The molecule has 3 aromatic rings. The summed E-state index contributed by atoms with van der Waals surface area (Å²) < 4.78 is 11.0. The number of nitrogens with zero attached hydrogens (tertiary/aromatic N) is 2. The predicted octanol–water partition coefficient (Wildman–Crippen LogP) is 3.99. The fourth-order valence-electron chi connectivity index (χ4n) is 3.96. The maximum absolute atomic E-state index is 12.9. The Morgan fingerprint density at radius 3 is 2.77 bits per heavy atom. The molecule has 150 valence electrons. The van der Waals surface area contributed by atoms with Gasteiger partial charge < -0.3 is 14.8 Å². The van der Waals surface area contributed by atoms with Gasteiger partial charge in [0.15, 0.2) is 11.5 Å². The second kappa shape index (κ2) is 8.26. The Balaban J connectivity index is 1.88. The van der Waals surface area contributed by atoms with E-state index >= 15 is 0 Å². The molecule has 0 fully saturated rings. The molecule has 6 nitrogen and oxygen atoms in total. The van der Waals surface area contributed by atoms with Crippen molar-refractivity contribution in [3.05, 3.63) is 64.8 Å². The lowest BCUT2D eigenvalue weighted by Crippen LogP contribution is -2.25. The zero-order valence-corrected chi connectivity index (χ0v) is 16.9. The molecule has 2 aromatic carbocycles. The highest BCUT2D eigenvalue weighted by Crippen LogP contribution is 2.40. The predicted molar refractivity (Wildman–Crippen MR) is 115 cm³/mol. The molecule has 4 rings (SSSR count). The topological polar surface area (TPSA) is 84.2 Å². The summed E-state index contributed by atoms with van der Waals surface area (Å²) in [6.45, 7) is -0.0338. The van der Waals surface area contributed by atoms with Crippen LogP contribution in [0.5, 0.6) is 11.5 Å². The molecular weight excluding hydrogens is 378 g/mol. The van der Waals surface area contributed by atoms with Crippen LogP contribution in [0, 0.1) is 11.3 Å². The molecule has 30 heavy (non-hydrogen) atoms. The molecule has 1 aliphatic carbocycles. The molecule has 1 amide bonds. The fourth-order valence-corrected chi connectivity index (χ4v) is 3.96. The van der Waals surface area contributed by atoms with E-state index in [1.165, 1.54) is 0 Å². The number of benzene rings is 2. The van der Waals surface area contributed by atoms with Crippen LogP contribution >= 0.6 is 0 Å². The molecule has 0 saturated heterocycles. The van der Waals surface area contributed by atoms with Crippen LogP contribution in [-0.2, 0) is 6.42 Å². The van der Waals surface area contributed by atoms with E-state index in [1.807, 2.05) is 54.6 Å². The van der Waals surface area contributed by atoms with E-state index in [4.69, 9.17) is 19.7 Å². The third-order valence-electron chi connectivity index (χ3n) is 5.26. The average molecular weight is 399 g/mol. The highest BCUT2D eigenvalue weighted by Gasteiger charge is 2.27. The van der Waals surface area contributed by atoms with E-state index in [9.17, 15) is 4.79 Å². The molecule has 0 bridgehead atoms. The number of carbonyl (C=O) groups excluding carboxylic acids is 1. The number of rotatable bonds is 5. The van der Waals surface area contributed by atoms with Gasteiger partial charge in [-0.05, 0) is 42.2 Å². The summed E-state index contributed by atoms with van der Waals surface area (Å²) in [5.74, 6) is 1.08. The Hall–Kier alpha value is -3.85. The molecule has 0 aliphatic heterocycles. The first-order valence-corrected chi connectivity index (χ1v) is 9.66. The second-order valence-electron chi connectivity index (χ2n) is 6.92. The van der Waals surface area contributed by atoms with Crippen LogP contribution in [-0.4, -0.2) is 31.7 Å². The van der Waals surface area contributed by atoms with Gasteiger partial charge >= 0.3 is 0 Å². The Morgan fingerprint density at radius 1 is 1.17 bits per heavy atom. The zero-order valence-electron chi connectivity index (χ0n) is 16.9. The van der Waals surface area contributed by atoms with Gasteiger partial charge in [-0.25, -0.2) is 4.98 Å². The molecule has 0 saturated carbocycles. The molecule has 0 atom stereocenters. The maximum atomic E-state index is 12.9. The van der Waals surface area contributed by atoms with Gasteiger partial charge in [0, 0.05) is 10.9 Å². The second-order valence-corrected chi connectivity index (χ2v) is 6.92. The van der Waals surface area contributed by atoms with Crippen molar-refractivity contribution in [2.45, 2.75) is 12.8 Å². The minimum Gasteiger partial charge on any atom is -0.493 e. The van der Waals surface area contributed by atoms with E-state index in [-0.39, 0.29) is 12.5 Å². The lowest BCUT2D eigenvalue weighted by atomic mass is 10.00. The van der Waals surface area contributed by atoms with Crippen molar-refractivity contribution in [1.29, 1.82) is 5.26 Å². The number of allylic oxidation sites excluding steroid dienone is 1. The number of methoxy groups -OCH3 is 2. The number of nitrogens with one attached hydrogen (secondary N) is 1. The van der Waals surface area contributed by atoms with Gasteiger partial charge in [0.2, 0.25) is 0 Å². The SMILES string of the molecule is COc1cccc(/C=C2/CCc3c2nc2ccccc2c3C(=O)NCC#N)c1OC. The van der Waals surface area contributed by atoms with E-state index in [0.29, 0.717) is 23.5 Å². The molecular formula is C24H21N3O3. The number of hydrogen-bond acceptors (Lipinski definition) is 5. The molecule has 6 heteroatoms. The van der Waals surface area contributed by atoms with Gasteiger partial charge in [-0.2, -0.15) is 5.26 Å². The van der Waals surface area contributed by atoms with Crippen molar-refractivity contribution in [2.75, 3.05) is 20.8 Å². The fraction of sp³-hybridized carbons (Fsp3) is 0.208. The number of carbonyl (C=O) groups is 1. The number of para-hydroxylation sites is 2. The molecule has 1 heterocycles. The maximum Gasteiger partial charge on any atom is 0.253 e. The van der Waals surface area contributed by atoms with Crippen LogP contribution in [0.25, 0.3) is 22.6 Å². The number of ether oxygens (including phenoxy) is 2. The van der Waals surface area contributed by atoms with Crippen molar-refractivity contribution >= 4 is 28.5 Å². The van der Waals surface area contributed by atoms with Gasteiger partial charge in [-0.15, -0.1) is 0 Å². The van der Waals surface area contributed by atoms with Crippen LogP contribution in [0.4, 0.5) is 0 Å². The van der Waals surface area contributed by atoms with Crippen molar-refractivity contribution in [3.63, 3.8) is 0 Å². The summed E-state index contributed by atoms with van der Waals surface area (Å²) in [5.41, 5.74) is 5.02. The number of nitriles is 1. The summed E-state index contributed by atoms with van der Waals surface area (Å²) in [6.07, 6.45) is 3.52. The minimum atomic E-state index is -0.244. The number of hydrogen-bond donors (Lipinski definition) is 1. The lowest BCUT2D eigenvalue weighted by molar-refractivity contribution is 0.0959. The molecule has 1 aliphatic rings. The molecule has 0 radical (unpaired) electrons. The first-order chi connectivity index (χ1) is 14.7. The van der Waals surface area contributed by atoms with E-state index < -0.39 is 0 Å². The third-order valence-corrected chi connectivity index (χ3v) is 5.26. The molecule has 0 unspecified atom stereocenters. The first-order valence-electron chi connectivity index (χ1n) is 9.66. The zero-order chi connectivity index (χ0) is 21.1. The number of pyridine rings is 1. The monoisotopic (exact) mass is 399 g/mol. The summed E-state index contributed by atoms with van der Waals surface area (Å²) >= 11 is 0. The normalized spacial score (nSPS) is 13.7. The summed E-state index contributed by atoms with van der Waals surface area (Å²) in [6, 6.07) is 15.3. The van der Waals surface area contributed by atoms with Crippen LogP contribution in [0.3, 0.4) is 0 Å². The molecule has 0 spiro atoms. The average Bonchev–Trinajstić information content (AvgIpc) is 3.17. The third kappa shape index (κ3) is 3.35. The van der Waals surface area contributed by atoms with Crippen molar-refractivity contribution in [3.8, 4) is 17.6 Å². The van der Waals surface area contributed by atoms with Gasteiger partial charge in [0.05, 0.1) is 37.1 Å². The molecule has 1 N–H and O–H groups in total. The van der Waals surface area contributed by atoms with Gasteiger partial charge in [0.1, 0.15) is 6.54 Å². The number of amides is 1. The van der Waals surface area contributed by atoms with Crippen molar-refractivity contribution < 1.29 is 14.3 Å². The van der Waals surface area contributed by atoms with Gasteiger partial charge in [-0.3, -0.25) is 4.79 Å². The first kappa shape index (κ1) is 19.5. The van der Waals surface area contributed by atoms with Crippen LogP contribution in [0.2, 0.25) is 0 Å². The number of aromatic nitrogens is 1. The van der Waals surface area contributed by atoms with Crippen molar-refractivity contribution in [1.82, 2.24) is 10.3 Å². The van der Waals surface area contributed by atoms with Gasteiger partial charge in [-0.1, -0.05) is 30.3 Å². The summed E-state index contributed by atoms with van der Waals surface area (Å²) in [7, 11) is 3.23. The van der Waals surface area contributed by atoms with E-state index in [2.05, 4.69) is 5.32 Å². The standard InChI is InChI=1S/C24H21N3O3/c1-29-20-9-5-6-16(23(20)30-2)14-15-10-11-18-21(24(28)26-13-12-25)17-7-3-4-8-19(17)27-22(15)18/h3-9,14H,10-11,13H2,1-2H3,(H,26,28)/b15-14-. The Morgan fingerprint density at radius 2 is 2.00 bits per heavy atom. The highest BCUT2D eigenvalue weighted by atomic mass is 16.5. The van der Waals surface area contributed by atoms with Crippen LogP contribution in [0.1, 0.15) is 33.6 Å². The van der Waals surface area contributed by atoms with Crippen molar-refractivity contribution in [2.24, 2.45) is 0 Å². The highest BCUT2D eigenvalue weighted by molar-refractivity contribution is 6.09. The Kier molecular flexibility index (Phi) is 5.36. The number of fused-ring (bicyclic) bond motifs is 2. The minimum absolute atomic E-state index is 0.0338. The Bertz CT molecular complexity index is 1210. The van der Waals surface area contributed by atoms with E-state index in [0.717, 1.165) is 39.7 Å². The van der Waals surface area contributed by atoms with Crippen LogP contribution in [0.15, 0.2) is 42.5 Å². The lowest BCUT2D eigenvalue weighted by Gasteiger charge is -2.13. The van der Waals surface area contributed by atoms with E-state index in [1.54, 1.807) is 14.2 Å². The molecule has 1 aromatic heterocycles. The Labute approximate surface area is 174 Å². The quantitative estimate of drug-likeness (QED) is 0.656. The largest absolute Gasteiger partial charge is 0.493 e. The van der Waals surface area contributed by atoms with Crippen LogP contribution < -0.4 is 14.8 Å². The smallest absolute Gasteiger partial charge is 0.253 e.